The molecular formula is C19H27N3O3. The second kappa shape index (κ2) is 9.74. The summed E-state index contributed by atoms with van der Waals surface area (Å²) in [5.74, 6) is -0.0752. The monoisotopic (exact) mass is 345 g/mol. The standard InChI is InChI=1S/C18H25N3O2.CH2O/c1-12(2)16(20-18(23)13(3)19)8-9-17(22)21-10-14-6-4-5-7-15(14)11-21;1-2/h4-9,12-13,16H,10-11,19H2,1-3H3,(H,20,23);1H2/b9-8+;/t13-,16+;/m0./s1. The van der Waals surface area contributed by atoms with Crippen LogP contribution in [0, 0.1) is 5.92 Å². The lowest BCUT2D eigenvalue weighted by Crippen LogP contribution is -2.45. The second-order valence-corrected chi connectivity index (χ2v) is 6.39. The molecule has 0 unspecified atom stereocenters. The van der Waals surface area contributed by atoms with Crippen LogP contribution in [0.25, 0.3) is 0 Å². The van der Waals surface area contributed by atoms with Gasteiger partial charge in [0.05, 0.1) is 6.04 Å². The Labute approximate surface area is 149 Å². The molecule has 136 valence electrons. The summed E-state index contributed by atoms with van der Waals surface area (Å²) < 4.78 is 0. The fourth-order valence-corrected chi connectivity index (χ4v) is 2.51. The van der Waals surface area contributed by atoms with Gasteiger partial charge in [-0.15, -0.1) is 0 Å². The van der Waals surface area contributed by atoms with Crippen molar-refractivity contribution in [3.8, 4) is 0 Å². The molecule has 0 aromatic heterocycles. The van der Waals surface area contributed by atoms with E-state index in [1.54, 1.807) is 24.0 Å². The molecule has 6 heteroatoms. The van der Waals surface area contributed by atoms with E-state index in [0.717, 1.165) is 0 Å². The summed E-state index contributed by atoms with van der Waals surface area (Å²) in [6.07, 6.45) is 3.31. The molecule has 1 aromatic carbocycles. The molecule has 1 heterocycles. The summed E-state index contributed by atoms with van der Waals surface area (Å²) in [4.78, 5) is 33.9. The highest BCUT2D eigenvalue weighted by Gasteiger charge is 2.22. The lowest BCUT2D eigenvalue weighted by Gasteiger charge is -2.20. The summed E-state index contributed by atoms with van der Waals surface area (Å²) >= 11 is 0. The first-order valence-electron chi connectivity index (χ1n) is 8.27. The number of nitrogens with zero attached hydrogens (tertiary/aromatic N) is 1. The van der Waals surface area contributed by atoms with E-state index in [9.17, 15) is 9.59 Å². The zero-order chi connectivity index (χ0) is 19.0. The molecule has 1 aromatic rings. The number of benzene rings is 1. The van der Waals surface area contributed by atoms with Crippen molar-refractivity contribution in [2.24, 2.45) is 11.7 Å². The molecule has 0 saturated heterocycles. The lowest BCUT2D eigenvalue weighted by atomic mass is 10.0. The van der Waals surface area contributed by atoms with Crippen LogP contribution in [-0.4, -0.2) is 35.6 Å². The zero-order valence-corrected chi connectivity index (χ0v) is 15.1. The van der Waals surface area contributed by atoms with Gasteiger partial charge in [-0.2, -0.15) is 0 Å². The lowest BCUT2D eigenvalue weighted by molar-refractivity contribution is -0.126. The fourth-order valence-electron chi connectivity index (χ4n) is 2.51. The van der Waals surface area contributed by atoms with E-state index in [2.05, 4.69) is 5.32 Å². The van der Waals surface area contributed by atoms with Crippen LogP contribution >= 0.6 is 0 Å². The molecular weight excluding hydrogens is 318 g/mol. The molecule has 2 atom stereocenters. The van der Waals surface area contributed by atoms with Crippen molar-refractivity contribution in [1.82, 2.24) is 10.2 Å². The van der Waals surface area contributed by atoms with Crippen LogP contribution in [-0.2, 0) is 27.5 Å². The summed E-state index contributed by atoms with van der Waals surface area (Å²) in [5, 5.41) is 2.86. The van der Waals surface area contributed by atoms with Gasteiger partial charge in [0.1, 0.15) is 6.79 Å². The van der Waals surface area contributed by atoms with Gasteiger partial charge in [0.2, 0.25) is 11.8 Å². The summed E-state index contributed by atoms with van der Waals surface area (Å²) in [7, 11) is 0. The number of rotatable bonds is 5. The minimum Gasteiger partial charge on any atom is -0.348 e. The van der Waals surface area contributed by atoms with Gasteiger partial charge in [-0.05, 0) is 24.0 Å². The molecule has 6 nitrogen and oxygen atoms in total. The first-order valence-corrected chi connectivity index (χ1v) is 8.27. The zero-order valence-electron chi connectivity index (χ0n) is 15.1. The predicted octanol–water partition coefficient (Wildman–Crippen LogP) is 1.39. The maximum absolute atomic E-state index is 12.4. The maximum Gasteiger partial charge on any atom is 0.246 e. The normalized spacial score (nSPS) is 15.3. The number of hydrogen-bond donors (Lipinski definition) is 2. The largest absolute Gasteiger partial charge is 0.348 e. The highest BCUT2D eigenvalue weighted by molar-refractivity contribution is 5.88. The van der Waals surface area contributed by atoms with Crippen LogP contribution in [0.4, 0.5) is 0 Å². The number of amides is 2. The molecule has 0 spiro atoms. The molecule has 1 aliphatic rings. The van der Waals surface area contributed by atoms with Crippen molar-refractivity contribution in [1.29, 1.82) is 0 Å². The van der Waals surface area contributed by atoms with E-state index in [1.165, 1.54) is 11.1 Å². The Morgan fingerprint density at radius 2 is 1.68 bits per heavy atom. The van der Waals surface area contributed by atoms with Gasteiger partial charge in [0.25, 0.3) is 0 Å². The summed E-state index contributed by atoms with van der Waals surface area (Å²) in [6.45, 7) is 8.90. The molecule has 2 amide bonds. The molecule has 1 aliphatic heterocycles. The van der Waals surface area contributed by atoms with E-state index in [-0.39, 0.29) is 23.8 Å². The number of hydrogen-bond acceptors (Lipinski definition) is 4. The van der Waals surface area contributed by atoms with Crippen LogP contribution in [0.5, 0.6) is 0 Å². The summed E-state index contributed by atoms with van der Waals surface area (Å²) in [5.41, 5.74) is 7.97. The van der Waals surface area contributed by atoms with Crippen molar-refractivity contribution in [2.75, 3.05) is 0 Å². The van der Waals surface area contributed by atoms with Crippen molar-refractivity contribution >= 4 is 18.6 Å². The number of carbonyl (C=O) groups excluding carboxylic acids is 3. The van der Waals surface area contributed by atoms with Gasteiger partial charge in [-0.1, -0.05) is 44.2 Å². The molecule has 3 N–H and O–H groups in total. The van der Waals surface area contributed by atoms with Crippen LogP contribution in [0.3, 0.4) is 0 Å². The first kappa shape index (κ1) is 20.6. The Kier molecular flexibility index (Phi) is 8.01. The smallest absolute Gasteiger partial charge is 0.246 e. The van der Waals surface area contributed by atoms with Gasteiger partial charge >= 0.3 is 0 Å². The minimum absolute atomic E-state index is 0.0399. The van der Waals surface area contributed by atoms with Crippen molar-refractivity contribution in [3.63, 3.8) is 0 Å². The van der Waals surface area contributed by atoms with Gasteiger partial charge in [0, 0.05) is 25.2 Å². The summed E-state index contributed by atoms with van der Waals surface area (Å²) in [6, 6.07) is 7.30. The van der Waals surface area contributed by atoms with Gasteiger partial charge < -0.3 is 20.7 Å². The Bertz CT molecular complexity index is 601. The van der Waals surface area contributed by atoms with Crippen LogP contribution in [0.15, 0.2) is 36.4 Å². The van der Waals surface area contributed by atoms with E-state index < -0.39 is 6.04 Å². The second-order valence-electron chi connectivity index (χ2n) is 6.39. The third-order valence-corrected chi connectivity index (χ3v) is 4.04. The van der Waals surface area contributed by atoms with Crippen molar-refractivity contribution in [3.05, 3.63) is 47.5 Å². The molecule has 0 saturated carbocycles. The Hall–Kier alpha value is -2.47. The topological polar surface area (TPSA) is 92.5 Å². The Morgan fingerprint density at radius 1 is 1.16 bits per heavy atom. The quantitative estimate of drug-likeness (QED) is 0.789. The predicted molar refractivity (Wildman–Crippen MR) is 97.4 cm³/mol. The van der Waals surface area contributed by atoms with Gasteiger partial charge in [-0.3, -0.25) is 9.59 Å². The van der Waals surface area contributed by atoms with Crippen LogP contribution < -0.4 is 11.1 Å². The molecule has 25 heavy (non-hydrogen) atoms. The molecule has 0 fully saturated rings. The molecule has 0 aliphatic carbocycles. The number of carbonyl (C=O) groups is 3. The first-order chi connectivity index (χ1) is 11.9. The molecule has 0 bridgehead atoms. The molecule has 2 rings (SSSR count). The fraction of sp³-hybridized carbons (Fsp3) is 0.421. The van der Waals surface area contributed by atoms with E-state index in [0.29, 0.717) is 13.1 Å². The van der Waals surface area contributed by atoms with E-state index in [1.807, 2.05) is 44.9 Å². The number of nitrogens with two attached hydrogens (primary N) is 1. The van der Waals surface area contributed by atoms with Gasteiger partial charge in [0.15, 0.2) is 0 Å². The highest BCUT2D eigenvalue weighted by atomic mass is 16.2. The van der Waals surface area contributed by atoms with Crippen LogP contribution in [0.1, 0.15) is 31.9 Å². The Morgan fingerprint density at radius 3 is 2.12 bits per heavy atom. The Balaban J connectivity index is 0.00000151. The number of fused-ring (bicyclic) bond motifs is 1. The van der Waals surface area contributed by atoms with E-state index >= 15 is 0 Å². The van der Waals surface area contributed by atoms with Crippen molar-refractivity contribution in [2.45, 2.75) is 45.9 Å². The van der Waals surface area contributed by atoms with Crippen LogP contribution in [0.2, 0.25) is 0 Å². The average Bonchev–Trinajstić information content (AvgIpc) is 3.03. The van der Waals surface area contributed by atoms with Gasteiger partial charge in [-0.25, -0.2) is 0 Å². The third-order valence-electron chi connectivity index (χ3n) is 4.04. The maximum atomic E-state index is 12.4. The number of nitrogens with one attached hydrogen (secondary N) is 1. The SMILES string of the molecule is C=O.CC(C)[C@@H](/C=C/C(=O)N1Cc2ccccc2C1)NC(=O)[C@H](C)N. The molecule has 0 radical (unpaired) electrons. The minimum atomic E-state index is -0.562. The third kappa shape index (κ3) is 5.83. The van der Waals surface area contributed by atoms with Crippen molar-refractivity contribution < 1.29 is 14.4 Å². The van der Waals surface area contributed by atoms with E-state index in [4.69, 9.17) is 10.5 Å². The average molecular weight is 345 g/mol. The highest BCUT2D eigenvalue weighted by Crippen LogP contribution is 2.22.